The highest BCUT2D eigenvalue weighted by Crippen LogP contribution is 2.29. The van der Waals surface area contributed by atoms with E-state index in [1.165, 1.54) is 0 Å². The van der Waals surface area contributed by atoms with Crippen LogP contribution in [-0.2, 0) is 13.1 Å². The maximum atomic E-state index is 11.9. The number of carbonyl (C=O) groups is 1. The smallest absolute Gasteiger partial charge is 0.352 e. The third kappa shape index (κ3) is 3.24. The van der Waals surface area contributed by atoms with Crippen LogP contribution in [0, 0.1) is 6.92 Å². The van der Waals surface area contributed by atoms with Crippen molar-refractivity contribution in [1.82, 2.24) is 24.6 Å². The fraction of sp³-hybridized carbons (Fsp3) is 0.450. The molecule has 1 atom stereocenters. The molecule has 148 valence electrons. The van der Waals surface area contributed by atoms with Gasteiger partial charge in [0.15, 0.2) is 0 Å². The van der Waals surface area contributed by atoms with Gasteiger partial charge in [-0.1, -0.05) is 11.6 Å². The number of aryl methyl sites for hydroxylation is 1. The number of hydrogen-bond acceptors (Lipinski definition) is 4. The highest BCUT2D eigenvalue weighted by molar-refractivity contribution is 5.97. The molecule has 1 aliphatic rings. The Labute approximate surface area is 162 Å². The molecule has 0 aliphatic carbocycles. The van der Waals surface area contributed by atoms with Gasteiger partial charge in [0.05, 0.1) is 0 Å². The van der Waals surface area contributed by atoms with E-state index < -0.39 is 5.97 Å². The number of carboxylic acid groups (broad SMARTS) is 1. The van der Waals surface area contributed by atoms with E-state index in [4.69, 9.17) is 0 Å². The number of aromatic nitrogens is 4. The number of hydrogen-bond donors (Lipinski definition) is 3. The van der Waals surface area contributed by atoms with E-state index in [2.05, 4.69) is 20.1 Å². The van der Waals surface area contributed by atoms with Crippen LogP contribution in [-0.4, -0.2) is 48.8 Å². The summed E-state index contributed by atoms with van der Waals surface area (Å²) in [6.45, 7) is 6.74. The quantitative estimate of drug-likeness (QED) is 0.627. The van der Waals surface area contributed by atoms with Crippen molar-refractivity contribution in [3.8, 4) is 0 Å². The zero-order valence-electron chi connectivity index (χ0n) is 16.2. The van der Waals surface area contributed by atoms with E-state index in [9.17, 15) is 14.7 Å². The number of H-pyrrole nitrogens is 2. The van der Waals surface area contributed by atoms with Gasteiger partial charge in [0.25, 0.3) is 0 Å². The van der Waals surface area contributed by atoms with Crippen molar-refractivity contribution in [2.24, 2.45) is 0 Å². The van der Waals surface area contributed by atoms with Crippen molar-refractivity contribution < 1.29 is 9.90 Å². The largest absolute Gasteiger partial charge is 0.477 e. The van der Waals surface area contributed by atoms with Gasteiger partial charge in [-0.15, -0.1) is 0 Å². The summed E-state index contributed by atoms with van der Waals surface area (Å²) in [5, 5.41) is 17.4. The highest BCUT2D eigenvalue weighted by Gasteiger charge is 2.28. The molecule has 0 bridgehead atoms. The molecule has 0 spiro atoms. The van der Waals surface area contributed by atoms with E-state index in [1.807, 2.05) is 32.0 Å². The average molecular weight is 383 g/mol. The molecule has 0 unspecified atom stereocenters. The Morgan fingerprint density at radius 2 is 2.21 bits per heavy atom. The molecule has 1 fully saturated rings. The molecule has 3 aromatic rings. The van der Waals surface area contributed by atoms with E-state index in [-0.39, 0.29) is 17.3 Å². The van der Waals surface area contributed by atoms with Gasteiger partial charge in [-0.25, -0.2) is 14.7 Å². The Kier molecular flexibility index (Phi) is 4.80. The van der Waals surface area contributed by atoms with Crippen LogP contribution in [0.3, 0.4) is 0 Å². The highest BCUT2D eigenvalue weighted by atomic mass is 16.4. The average Bonchev–Trinajstić information content (AvgIpc) is 3.22. The van der Waals surface area contributed by atoms with E-state index in [0.717, 1.165) is 53.8 Å². The minimum absolute atomic E-state index is 0.160. The number of nitrogens with zero attached hydrogens (tertiary/aromatic N) is 3. The predicted octanol–water partition coefficient (Wildman–Crippen LogP) is 2.46. The van der Waals surface area contributed by atoms with E-state index in [1.54, 1.807) is 4.57 Å². The minimum Gasteiger partial charge on any atom is -0.477 e. The van der Waals surface area contributed by atoms with Crippen molar-refractivity contribution in [3.05, 3.63) is 51.3 Å². The first-order valence-electron chi connectivity index (χ1n) is 9.70. The molecular weight excluding hydrogens is 358 g/mol. The van der Waals surface area contributed by atoms with Gasteiger partial charge in [-0.3, -0.25) is 9.47 Å². The summed E-state index contributed by atoms with van der Waals surface area (Å²) in [6.07, 6.45) is 1.96. The van der Waals surface area contributed by atoms with Crippen LogP contribution in [0.2, 0.25) is 0 Å². The molecule has 8 heteroatoms. The molecule has 8 nitrogen and oxygen atoms in total. The number of rotatable bonds is 5. The van der Waals surface area contributed by atoms with Gasteiger partial charge >= 0.3 is 11.7 Å². The number of nitrogens with one attached hydrogen (secondary N) is 2. The third-order valence-electron chi connectivity index (χ3n) is 5.63. The summed E-state index contributed by atoms with van der Waals surface area (Å²) in [6, 6.07) is 5.95. The molecule has 1 aliphatic heterocycles. The van der Waals surface area contributed by atoms with Crippen LogP contribution in [0.1, 0.15) is 53.1 Å². The summed E-state index contributed by atoms with van der Waals surface area (Å²) in [5.74, 6) is 0.0165. The molecule has 28 heavy (non-hydrogen) atoms. The second kappa shape index (κ2) is 7.27. The maximum absolute atomic E-state index is 11.9. The maximum Gasteiger partial charge on any atom is 0.352 e. The number of aromatic amines is 2. The molecule has 0 radical (unpaired) electrons. The van der Waals surface area contributed by atoms with Gasteiger partial charge in [0.1, 0.15) is 11.5 Å². The standard InChI is InChI=1S/C20H25N5O3/c1-3-25-18(22-23-20(25)28)13-5-4-8-24(10-13)11-15-14-9-12(2)6-7-16(14)21-17(15)19(26)27/h6-7,9,13,21H,3-5,8,10-11H2,1-2H3,(H,23,28)(H,26,27)/t13-/m0/s1. The summed E-state index contributed by atoms with van der Waals surface area (Å²) in [4.78, 5) is 29.0. The minimum atomic E-state index is -0.940. The summed E-state index contributed by atoms with van der Waals surface area (Å²) >= 11 is 0. The lowest BCUT2D eigenvalue weighted by Crippen LogP contribution is -2.35. The number of aromatic carboxylic acids is 1. The summed E-state index contributed by atoms with van der Waals surface area (Å²) in [7, 11) is 0. The molecule has 4 rings (SSSR count). The van der Waals surface area contributed by atoms with Crippen molar-refractivity contribution in [2.45, 2.75) is 45.7 Å². The Morgan fingerprint density at radius 1 is 1.39 bits per heavy atom. The number of benzene rings is 1. The topological polar surface area (TPSA) is 107 Å². The first kappa shape index (κ1) is 18.5. The predicted molar refractivity (Wildman–Crippen MR) is 106 cm³/mol. The zero-order valence-corrected chi connectivity index (χ0v) is 16.2. The molecule has 0 amide bonds. The fourth-order valence-electron chi connectivity index (χ4n) is 4.29. The Morgan fingerprint density at radius 3 is 2.96 bits per heavy atom. The van der Waals surface area contributed by atoms with Crippen LogP contribution in [0.4, 0.5) is 0 Å². The zero-order chi connectivity index (χ0) is 19.8. The van der Waals surface area contributed by atoms with Crippen molar-refractivity contribution >= 4 is 16.9 Å². The molecule has 1 aromatic carbocycles. The lowest BCUT2D eigenvalue weighted by molar-refractivity contribution is 0.0688. The molecular formula is C20H25N5O3. The van der Waals surface area contributed by atoms with E-state index >= 15 is 0 Å². The second-order valence-corrected chi connectivity index (χ2v) is 7.54. The molecule has 3 heterocycles. The van der Waals surface area contributed by atoms with Crippen LogP contribution in [0.15, 0.2) is 23.0 Å². The lowest BCUT2D eigenvalue weighted by atomic mass is 9.96. The third-order valence-corrected chi connectivity index (χ3v) is 5.63. The van der Waals surface area contributed by atoms with Crippen LogP contribution < -0.4 is 5.69 Å². The normalized spacial score (nSPS) is 18.0. The first-order valence-corrected chi connectivity index (χ1v) is 9.70. The Bertz CT molecular complexity index is 1080. The monoisotopic (exact) mass is 383 g/mol. The molecule has 1 saturated heterocycles. The number of carboxylic acids is 1. The lowest BCUT2D eigenvalue weighted by Gasteiger charge is -2.32. The number of fused-ring (bicyclic) bond motifs is 1. The van der Waals surface area contributed by atoms with Gasteiger partial charge in [-0.2, -0.15) is 5.10 Å². The van der Waals surface area contributed by atoms with Crippen molar-refractivity contribution in [1.29, 1.82) is 0 Å². The fourth-order valence-corrected chi connectivity index (χ4v) is 4.29. The molecule has 2 aromatic heterocycles. The number of piperidine rings is 1. The van der Waals surface area contributed by atoms with Gasteiger partial charge in [0.2, 0.25) is 0 Å². The van der Waals surface area contributed by atoms with Gasteiger partial charge in [-0.05, 0) is 45.4 Å². The van der Waals surface area contributed by atoms with Crippen molar-refractivity contribution in [2.75, 3.05) is 13.1 Å². The molecule has 0 saturated carbocycles. The summed E-state index contributed by atoms with van der Waals surface area (Å²) in [5.41, 5.74) is 2.85. The second-order valence-electron chi connectivity index (χ2n) is 7.54. The molecule has 3 N–H and O–H groups in total. The Hall–Kier alpha value is -2.87. The van der Waals surface area contributed by atoms with Gasteiger partial charge in [0, 0.05) is 42.0 Å². The van der Waals surface area contributed by atoms with E-state index in [0.29, 0.717) is 13.1 Å². The SMILES string of the molecule is CCn1c([C@H]2CCCN(Cc3c(C(=O)O)[nH]c4ccc(C)cc34)C2)n[nH]c1=O. The summed E-state index contributed by atoms with van der Waals surface area (Å²) < 4.78 is 1.69. The van der Waals surface area contributed by atoms with Crippen LogP contribution in [0.25, 0.3) is 10.9 Å². The van der Waals surface area contributed by atoms with Crippen molar-refractivity contribution in [3.63, 3.8) is 0 Å². The Balaban J connectivity index is 1.64. The van der Waals surface area contributed by atoms with Gasteiger partial charge < -0.3 is 10.1 Å². The first-order chi connectivity index (χ1) is 13.5. The van der Waals surface area contributed by atoms with Crippen LogP contribution in [0.5, 0.6) is 0 Å². The number of likely N-dealkylation sites (tertiary alicyclic amines) is 1. The van der Waals surface area contributed by atoms with Crippen LogP contribution >= 0.6 is 0 Å².